The maximum Gasteiger partial charge on any atom is 0.297 e. The van der Waals surface area contributed by atoms with Crippen molar-refractivity contribution >= 4 is 6.01 Å². The van der Waals surface area contributed by atoms with Gasteiger partial charge < -0.3 is 19.5 Å². The molecule has 2 atom stereocenters. The van der Waals surface area contributed by atoms with Gasteiger partial charge in [-0.3, -0.25) is 0 Å². The number of aromatic nitrogens is 1. The molecule has 5 heteroatoms. The van der Waals surface area contributed by atoms with Gasteiger partial charge in [-0.2, -0.15) is 4.98 Å². The second kappa shape index (κ2) is 5.13. The summed E-state index contributed by atoms with van der Waals surface area (Å²) in [7, 11) is 4.29. The third-order valence-electron chi connectivity index (χ3n) is 4.20. The zero-order chi connectivity index (χ0) is 13.4. The first-order valence-electron chi connectivity index (χ1n) is 7.22. The van der Waals surface area contributed by atoms with E-state index < -0.39 is 0 Å². The van der Waals surface area contributed by atoms with Crippen LogP contribution in [0.4, 0.5) is 6.01 Å². The van der Waals surface area contributed by atoms with E-state index in [4.69, 9.17) is 4.42 Å². The molecule has 2 fully saturated rings. The van der Waals surface area contributed by atoms with E-state index in [2.05, 4.69) is 41.1 Å². The molecule has 0 aromatic carbocycles. The van der Waals surface area contributed by atoms with Crippen molar-refractivity contribution in [1.29, 1.82) is 0 Å². The van der Waals surface area contributed by atoms with Gasteiger partial charge in [0, 0.05) is 31.7 Å². The number of likely N-dealkylation sites (N-methyl/N-ethyl adjacent to an activating group) is 1. The van der Waals surface area contributed by atoms with Gasteiger partial charge in [-0.25, -0.2) is 0 Å². The van der Waals surface area contributed by atoms with Crippen LogP contribution in [0.1, 0.15) is 25.5 Å². The van der Waals surface area contributed by atoms with Crippen molar-refractivity contribution in [2.24, 2.45) is 5.92 Å². The number of hydrogen-bond donors (Lipinski definition) is 1. The highest BCUT2D eigenvalue weighted by Crippen LogP contribution is 2.26. The van der Waals surface area contributed by atoms with Crippen LogP contribution in [0, 0.1) is 5.92 Å². The van der Waals surface area contributed by atoms with Crippen LogP contribution < -0.4 is 10.2 Å². The molecule has 5 nitrogen and oxygen atoms in total. The van der Waals surface area contributed by atoms with Crippen molar-refractivity contribution in [2.75, 3.05) is 32.1 Å². The van der Waals surface area contributed by atoms with Gasteiger partial charge >= 0.3 is 0 Å². The minimum atomic E-state index is 0.583. The molecule has 19 heavy (non-hydrogen) atoms. The summed E-state index contributed by atoms with van der Waals surface area (Å²) in [5.74, 6) is 0.648. The number of hydrogen-bond acceptors (Lipinski definition) is 5. The SMILES string of the molecule is CC1CN(c2nc(CNC3CC3)co2)CC1N(C)C. The molecule has 106 valence electrons. The molecular weight excluding hydrogens is 240 g/mol. The standard InChI is InChI=1S/C14H24N4O/c1-10-7-18(8-13(10)17(2)3)14-16-12(9-19-14)6-15-11-4-5-11/h9-11,13,15H,4-8H2,1-3H3. The molecular formula is C14H24N4O. The molecule has 1 aromatic rings. The van der Waals surface area contributed by atoms with Crippen LogP contribution in [-0.4, -0.2) is 49.2 Å². The summed E-state index contributed by atoms with van der Waals surface area (Å²) in [5.41, 5.74) is 1.02. The Labute approximate surface area is 115 Å². The Morgan fingerprint density at radius 1 is 1.42 bits per heavy atom. The van der Waals surface area contributed by atoms with Gasteiger partial charge in [0.2, 0.25) is 0 Å². The average molecular weight is 264 g/mol. The maximum absolute atomic E-state index is 5.63. The van der Waals surface area contributed by atoms with Gasteiger partial charge in [-0.1, -0.05) is 6.92 Å². The second-order valence-electron chi connectivity index (χ2n) is 6.19. The lowest BCUT2D eigenvalue weighted by molar-refractivity contribution is 0.266. The minimum Gasteiger partial charge on any atom is -0.432 e. The molecule has 2 aliphatic rings. The first-order chi connectivity index (χ1) is 9.13. The third kappa shape index (κ3) is 2.92. The average Bonchev–Trinajstić information content (AvgIpc) is 2.93. The van der Waals surface area contributed by atoms with Gasteiger partial charge in [0.1, 0.15) is 6.26 Å². The molecule has 2 heterocycles. The fourth-order valence-electron chi connectivity index (χ4n) is 2.84. The lowest BCUT2D eigenvalue weighted by Gasteiger charge is -2.22. The molecule has 0 amide bonds. The van der Waals surface area contributed by atoms with E-state index in [9.17, 15) is 0 Å². The molecule has 1 saturated heterocycles. The van der Waals surface area contributed by atoms with E-state index in [-0.39, 0.29) is 0 Å². The van der Waals surface area contributed by atoms with Gasteiger partial charge in [0.05, 0.1) is 5.69 Å². The zero-order valence-electron chi connectivity index (χ0n) is 12.1. The minimum absolute atomic E-state index is 0.583. The highest BCUT2D eigenvalue weighted by Gasteiger charge is 2.33. The number of anilines is 1. The highest BCUT2D eigenvalue weighted by atomic mass is 16.4. The third-order valence-corrected chi connectivity index (χ3v) is 4.20. The fourth-order valence-corrected chi connectivity index (χ4v) is 2.84. The Morgan fingerprint density at radius 2 is 2.21 bits per heavy atom. The van der Waals surface area contributed by atoms with E-state index in [1.54, 1.807) is 6.26 Å². The van der Waals surface area contributed by atoms with Crippen LogP contribution in [-0.2, 0) is 6.54 Å². The molecule has 1 aliphatic heterocycles. The number of rotatable bonds is 5. The Bertz CT molecular complexity index is 427. The Morgan fingerprint density at radius 3 is 2.84 bits per heavy atom. The molecule has 0 radical (unpaired) electrons. The normalized spacial score (nSPS) is 27.5. The zero-order valence-corrected chi connectivity index (χ0v) is 12.1. The largest absolute Gasteiger partial charge is 0.432 e. The van der Waals surface area contributed by atoms with Crippen molar-refractivity contribution in [1.82, 2.24) is 15.2 Å². The molecule has 0 spiro atoms. The molecule has 1 aromatic heterocycles. The molecule has 1 saturated carbocycles. The summed E-state index contributed by atoms with van der Waals surface area (Å²) in [5, 5.41) is 3.46. The molecule has 2 unspecified atom stereocenters. The Hall–Kier alpha value is -1.07. The van der Waals surface area contributed by atoms with Crippen molar-refractivity contribution in [3.8, 4) is 0 Å². The van der Waals surface area contributed by atoms with Crippen molar-refractivity contribution in [3.05, 3.63) is 12.0 Å². The lowest BCUT2D eigenvalue weighted by Crippen LogP contribution is -2.34. The first kappa shape index (κ1) is 12.9. The quantitative estimate of drug-likeness (QED) is 0.869. The first-order valence-corrected chi connectivity index (χ1v) is 7.22. The fraction of sp³-hybridized carbons (Fsp3) is 0.786. The van der Waals surface area contributed by atoms with Crippen molar-refractivity contribution in [3.63, 3.8) is 0 Å². The molecule has 1 aliphatic carbocycles. The Balaban J connectivity index is 1.59. The van der Waals surface area contributed by atoms with E-state index in [0.29, 0.717) is 18.0 Å². The summed E-state index contributed by atoms with van der Waals surface area (Å²) in [6, 6.07) is 2.08. The number of oxazole rings is 1. The summed E-state index contributed by atoms with van der Waals surface area (Å²) in [4.78, 5) is 9.15. The van der Waals surface area contributed by atoms with Gasteiger partial charge in [0.15, 0.2) is 0 Å². The molecule has 1 N–H and O–H groups in total. The number of nitrogens with zero attached hydrogens (tertiary/aromatic N) is 3. The maximum atomic E-state index is 5.63. The van der Waals surface area contributed by atoms with E-state index >= 15 is 0 Å². The smallest absolute Gasteiger partial charge is 0.297 e. The lowest BCUT2D eigenvalue weighted by atomic mass is 10.1. The van der Waals surface area contributed by atoms with Crippen LogP contribution in [0.15, 0.2) is 10.7 Å². The predicted molar refractivity (Wildman–Crippen MR) is 75.2 cm³/mol. The predicted octanol–water partition coefficient (Wildman–Crippen LogP) is 1.31. The van der Waals surface area contributed by atoms with Crippen molar-refractivity contribution < 1.29 is 4.42 Å². The Kier molecular flexibility index (Phi) is 3.50. The highest BCUT2D eigenvalue weighted by molar-refractivity contribution is 5.30. The van der Waals surface area contributed by atoms with Gasteiger partial charge in [0.25, 0.3) is 6.01 Å². The van der Waals surface area contributed by atoms with Crippen LogP contribution >= 0.6 is 0 Å². The topological polar surface area (TPSA) is 44.5 Å². The van der Waals surface area contributed by atoms with Crippen LogP contribution in [0.5, 0.6) is 0 Å². The van der Waals surface area contributed by atoms with E-state index in [0.717, 1.165) is 31.3 Å². The molecule has 0 bridgehead atoms. The summed E-state index contributed by atoms with van der Waals surface area (Å²) < 4.78 is 5.63. The van der Waals surface area contributed by atoms with Crippen LogP contribution in [0.2, 0.25) is 0 Å². The van der Waals surface area contributed by atoms with Crippen LogP contribution in [0.3, 0.4) is 0 Å². The van der Waals surface area contributed by atoms with E-state index in [1.165, 1.54) is 12.8 Å². The second-order valence-corrected chi connectivity index (χ2v) is 6.19. The van der Waals surface area contributed by atoms with Crippen LogP contribution in [0.25, 0.3) is 0 Å². The van der Waals surface area contributed by atoms with Gasteiger partial charge in [-0.15, -0.1) is 0 Å². The summed E-state index contributed by atoms with van der Waals surface area (Å²) >= 11 is 0. The van der Waals surface area contributed by atoms with Crippen molar-refractivity contribution in [2.45, 2.75) is 38.4 Å². The molecule has 3 rings (SSSR count). The van der Waals surface area contributed by atoms with Gasteiger partial charge in [-0.05, 0) is 32.9 Å². The summed E-state index contributed by atoms with van der Waals surface area (Å²) in [6.45, 7) is 5.15. The number of nitrogens with one attached hydrogen (secondary N) is 1. The summed E-state index contributed by atoms with van der Waals surface area (Å²) in [6.07, 6.45) is 4.40. The monoisotopic (exact) mass is 264 g/mol. The van der Waals surface area contributed by atoms with E-state index in [1.807, 2.05) is 0 Å².